The number of thiazole rings is 1. The maximum Gasteiger partial charge on any atom is 0.229 e. The van der Waals surface area contributed by atoms with Gasteiger partial charge in [-0.25, -0.2) is 4.98 Å². The molecule has 1 aromatic carbocycles. The third-order valence-electron chi connectivity index (χ3n) is 4.26. The maximum atomic E-state index is 12.7. The third kappa shape index (κ3) is 4.65. The van der Waals surface area contributed by atoms with Gasteiger partial charge in [-0.05, 0) is 31.4 Å². The van der Waals surface area contributed by atoms with Gasteiger partial charge in [0.15, 0.2) is 5.13 Å². The first-order chi connectivity index (χ1) is 12.6. The maximum absolute atomic E-state index is 12.7. The number of hydrogen-bond acceptors (Lipinski definition) is 4. The molecule has 1 aliphatic rings. The van der Waals surface area contributed by atoms with Crippen molar-refractivity contribution in [3.05, 3.63) is 46.3 Å². The molecular formula is C19H20Cl2N2O2S. The zero-order chi connectivity index (χ0) is 18.5. The van der Waals surface area contributed by atoms with Crippen LogP contribution in [0.2, 0.25) is 10.0 Å². The van der Waals surface area contributed by atoms with Crippen molar-refractivity contribution in [1.29, 1.82) is 0 Å². The van der Waals surface area contributed by atoms with Crippen molar-refractivity contribution in [3.63, 3.8) is 0 Å². The molecule has 0 N–H and O–H groups in total. The van der Waals surface area contributed by atoms with Crippen molar-refractivity contribution in [2.75, 3.05) is 18.1 Å². The van der Waals surface area contributed by atoms with Crippen molar-refractivity contribution >= 4 is 45.6 Å². The van der Waals surface area contributed by atoms with Crippen molar-refractivity contribution < 1.29 is 9.53 Å². The Morgan fingerprint density at radius 3 is 2.96 bits per heavy atom. The van der Waals surface area contributed by atoms with Gasteiger partial charge in [-0.1, -0.05) is 35.3 Å². The largest absolute Gasteiger partial charge is 0.378 e. The highest BCUT2D eigenvalue weighted by Crippen LogP contribution is 2.32. The van der Waals surface area contributed by atoms with Crippen molar-refractivity contribution in [1.82, 2.24) is 4.98 Å². The van der Waals surface area contributed by atoms with Crippen LogP contribution in [-0.4, -0.2) is 30.1 Å². The van der Waals surface area contributed by atoms with Gasteiger partial charge in [0, 0.05) is 30.5 Å². The zero-order valence-electron chi connectivity index (χ0n) is 14.3. The number of hydrogen-bond donors (Lipinski definition) is 0. The smallest absolute Gasteiger partial charge is 0.229 e. The summed E-state index contributed by atoms with van der Waals surface area (Å²) >= 11 is 13.5. The number of halogens is 2. The van der Waals surface area contributed by atoms with Crippen LogP contribution in [0.15, 0.2) is 36.2 Å². The number of rotatable bonds is 7. The van der Waals surface area contributed by atoms with Crippen LogP contribution in [0.25, 0.3) is 11.3 Å². The Labute approximate surface area is 167 Å². The van der Waals surface area contributed by atoms with Crippen LogP contribution in [0.5, 0.6) is 0 Å². The summed E-state index contributed by atoms with van der Waals surface area (Å²) in [5.74, 6) is 0.0374. The van der Waals surface area contributed by atoms with E-state index < -0.39 is 0 Å². The topological polar surface area (TPSA) is 42.4 Å². The predicted molar refractivity (Wildman–Crippen MR) is 108 cm³/mol. The quantitative estimate of drug-likeness (QED) is 0.558. The molecule has 1 saturated heterocycles. The monoisotopic (exact) mass is 410 g/mol. The molecule has 7 heteroatoms. The lowest BCUT2D eigenvalue weighted by atomic mass is 10.1. The molecule has 0 spiro atoms. The molecule has 1 aliphatic heterocycles. The minimum atomic E-state index is 0.0374. The predicted octanol–water partition coefficient (Wildman–Crippen LogP) is 5.60. The Hall–Kier alpha value is -1.40. The molecule has 0 aliphatic carbocycles. The lowest BCUT2D eigenvalue weighted by molar-refractivity contribution is -0.119. The SMILES string of the molecule is C=CCN(C(=O)CCC1CCCO1)c1nc(-c2ccc(Cl)c(Cl)c2)cs1. The van der Waals surface area contributed by atoms with Gasteiger partial charge in [-0.15, -0.1) is 17.9 Å². The number of anilines is 1. The van der Waals surface area contributed by atoms with Crippen LogP contribution >= 0.6 is 34.5 Å². The molecule has 2 heterocycles. The minimum absolute atomic E-state index is 0.0374. The molecule has 138 valence electrons. The number of benzene rings is 1. The highest BCUT2D eigenvalue weighted by Gasteiger charge is 2.22. The van der Waals surface area contributed by atoms with Gasteiger partial charge in [-0.3, -0.25) is 9.69 Å². The molecule has 3 rings (SSSR count). The molecule has 1 unspecified atom stereocenters. The zero-order valence-corrected chi connectivity index (χ0v) is 16.6. The summed E-state index contributed by atoms with van der Waals surface area (Å²) in [5, 5.41) is 3.55. The fraction of sp³-hybridized carbons (Fsp3) is 0.368. The summed E-state index contributed by atoms with van der Waals surface area (Å²) in [5.41, 5.74) is 1.64. The van der Waals surface area contributed by atoms with E-state index in [-0.39, 0.29) is 12.0 Å². The van der Waals surface area contributed by atoms with E-state index >= 15 is 0 Å². The summed E-state index contributed by atoms with van der Waals surface area (Å²) < 4.78 is 5.60. The summed E-state index contributed by atoms with van der Waals surface area (Å²) in [6.45, 7) is 4.99. The number of aromatic nitrogens is 1. The van der Waals surface area contributed by atoms with Gasteiger partial charge < -0.3 is 4.74 Å². The van der Waals surface area contributed by atoms with E-state index in [1.165, 1.54) is 11.3 Å². The van der Waals surface area contributed by atoms with Gasteiger partial charge in [0.25, 0.3) is 0 Å². The van der Waals surface area contributed by atoms with E-state index in [1.54, 1.807) is 23.1 Å². The first kappa shape index (κ1) is 19.4. The Morgan fingerprint density at radius 1 is 1.42 bits per heavy atom. The van der Waals surface area contributed by atoms with Crippen LogP contribution < -0.4 is 4.90 Å². The van der Waals surface area contributed by atoms with Crippen LogP contribution in [0, 0.1) is 0 Å². The molecule has 0 saturated carbocycles. The molecular weight excluding hydrogens is 391 g/mol. The molecule has 0 bridgehead atoms. The first-order valence-corrected chi connectivity index (χ1v) is 10.2. The number of ether oxygens (including phenoxy) is 1. The van der Waals surface area contributed by atoms with Crippen molar-refractivity contribution in [3.8, 4) is 11.3 Å². The lowest BCUT2D eigenvalue weighted by Crippen LogP contribution is -2.31. The second kappa shape index (κ2) is 9.00. The van der Waals surface area contributed by atoms with E-state index in [9.17, 15) is 4.79 Å². The Kier molecular flexibility index (Phi) is 6.70. The van der Waals surface area contributed by atoms with Crippen LogP contribution in [0.3, 0.4) is 0 Å². The van der Waals surface area contributed by atoms with E-state index in [0.29, 0.717) is 28.1 Å². The van der Waals surface area contributed by atoms with Crippen LogP contribution in [-0.2, 0) is 9.53 Å². The van der Waals surface area contributed by atoms with Crippen molar-refractivity contribution in [2.24, 2.45) is 0 Å². The average molecular weight is 411 g/mol. The molecule has 2 aromatic rings. The number of nitrogens with zero attached hydrogens (tertiary/aromatic N) is 2. The van der Waals surface area contributed by atoms with Gasteiger partial charge in [0.1, 0.15) is 0 Å². The fourth-order valence-electron chi connectivity index (χ4n) is 2.88. The lowest BCUT2D eigenvalue weighted by Gasteiger charge is -2.19. The third-order valence-corrected chi connectivity index (χ3v) is 5.86. The normalized spacial score (nSPS) is 16.6. The minimum Gasteiger partial charge on any atom is -0.378 e. The summed E-state index contributed by atoms with van der Waals surface area (Å²) in [7, 11) is 0. The second-order valence-electron chi connectivity index (χ2n) is 6.11. The fourth-order valence-corrected chi connectivity index (χ4v) is 4.04. The molecule has 1 fully saturated rings. The Bertz CT molecular complexity index is 788. The average Bonchev–Trinajstić information content (AvgIpc) is 3.32. The summed E-state index contributed by atoms with van der Waals surface area (Å²) in [4.78, 5) is 19.0. The van der Waals surface area contributed by atoms with Gasteiger partial charge in [0.05, 0.1) is 21.8 Å². The highest BCUT2D eigenvalue weighted by molar-refractivity contribution is 7.14. The Morgan fingerprint density at radius 2 is 2.27 bits per heavy atom. The highest BCUT2D eigenvalue weighted by atomic mass is 35.5. The van der Waals surface area contributed by atoms with Crippen LogP contribution in [0.1, 0.15) is 25.7 Å². The molecule has 1 amide bonds. The summed E-state index contributed by atoms with van der Waals surface area (Å²) in [6, 6.07) is 5.39. The standard InChI is InChI=1S/C19H20Cl2N2O2S/c1-2-9-23(18(24)8-6-14-4-3-10-25-14)19-22-17(12-26-19)13-5-7-15(20)16(21)11-13/h2,5,7,11-12,14H,1,3-4,6,8-10H2. The van der Waals surface area contributed by atoms with Gasteiger partial charge >= 0.3 is 0 Å². The van der Waals surface area contributed by atoms with Crippen LogP contribution in [0.4, 0.5) is 5.13 Å². The van der Waals surface area contributed by atoms with Gasteiger partial charge in [-0.2, -0.15) is 0 Å². The second-order valence-corrected chi connectivity index (χ2v) is 7.76. The summed E-state index contributed by atoms with van der Waals surface area (Å²) in [6.07, 6.45) is 5.22. The van der Waals surface area contributed by atoms with Gasteiger partial charge in [0.2, 0.25) is 5.91 Å². The molecule has 0 radical (unpaired) electrons. The van der Waals surface area contributed by atoms with E-state index in [0.717, 1.165) is 37.1 Å². The van der Waals surface area contributed by atoms with E-state index in [1.807, 2.05) is 11.4 Å². The van der Waals surface area contributed by atoms with Crippen molar-refractivity contribution in [2.45, 2.75) is 31.8 Å². The van der Waals surface area contributed by atoms with E-state index in [2.05, 4.69) is 11.6 Å². The number of carbonyl (C=O) groups excluding carboxylic acids is 1. The molecule has 1 aromatic heterocycles. The number of amides is 1. The Balaban J connectivity index is 1.73. The van der Waals surface area contributed by atoms with E-state index in [4.69, 9.17) is 27.9 Å². The molecule has 26 heavy (non-hydrogen) atoms. The number of carbonyl (C=O) groups is 1. The molecule has 4 nitrogen and oxygen atoms in total. The molecule has 1 atom stereocenters. The first-order valence-electron chi connectivity index (χ1n) is 8.52.